The molecule has 3 rings (SSSR count). The number of aromatic nitrogens is 2. The quantitative estimate of drug-likeness (QED) is 0.823. The average molecular weight is 270 g/mol. The summed E-state index contributed by atoms with van der Waals surface area (Å²) < 4.78 is 0. The van der Waals surface area contributed by atoms with E-state index in [0.29, 0.717) is 24.2 Å². The van der Waals surface area contributed by atoms with Crippen LogP contribution >= 0.6 is 0 Å². The molecule has 0 atom stereocenters. The van der Waals surface area contributed by atoms with Crippen LogP contribution in [0.15, 0.2) is 30.6 Å². The third-order valence-electron chi connectivity index (χ3n) is 3.26. The second kappa shape index (κ2) is 5.24. The third-order valence-corrected chi connectivity index (χ3v) is 3.26. The van der Waals surface area contributed by atoms with Gasteiger partial charge in [0.1, 0.15) is 0 Å². The zero-order valence-corrected chi connectivity index (χ0v) is 10.9. The molecule has 1 aromatic heterocycles. The Morgan fingerprint density at radius 1 is 1.20 bits per heavy atom. The first-order valence-corrected chi connectivity index (χ1v) is 6.51. The van der Waals surface area contributed by atoms with E-state index >= 15 is 0 Å². The minimum atomic E-state index is -0.144. The van der Waals surface area contributed by atoms with Crippen LogP contribution in [0.2, 0.25) is 0 Å². The molecule has 102 valence electrons. The molecule has 0 aliphatic carbocycles. The van der Waals surface area contributed by atoms with Crippen molar-refractivity contribution in [2.24, 2.45) is 0 Å². The van der Waals surface area contributed by atoms with E-state index in [4.69, 9.17) is 0 Å². The first-order chi connectivity index (χ1) is 9.74. The van der Waals surface area contributed by atoms with E-state index in [1.807, 2.05) is 0 Å². The minimum absolute atomic E-state index is 0.108. The van der Waals surface area contributed by atoms with Crippen molar-refractivity contribution in [3.05, 3.63) is 36.2 Å². The highest BCUT2D eigenvalue weighted by molar-refractivity contribution is 5.99. The number of hydrogen-bond acceptors (Lipinski definition) is 4. The van der Waals surface area contributed by atoms with E-state index in [1.165, 1.54) is 0 Å². The summed E-state index contributed by atoms with van der Waals surface area (Å²) >= 11 is 0. The fraction of sp³-hybridized carbons (Fsp3) is 0.286. The molecule has 0 bridgehead atoms. The van der Waals surface area contributed by atoms with Crippen molar-refractivity contribution in [2.75, 3.05) is 19.6 Å². The molecule has 2 aromatic rings. The number of nitrogens with zero attached hydrogens (tertiary/aromatic N) is 3. The van der Waals surface area contributed by atoms with Gasteiger partial charge in [-0.3, -0.25) is 19.6 Å². The minimum Gasteiger partial charge on any atom is -0.354 e. The van der Waals surface area contributed by atoms with Gasteiger partial charge in [0, 0.05) is 31.0 Å². The first kappa shape index (κ1) is 12.5. The monoisotopic (exact) mass is 270 g/mol. The van der Waals surface area contributed by atoms with Crippen LogP contribution in [0.1, 0.15) is 16.8 Å². The SMILES string of the molecule is O=C1CN(C(=O)c2ccc3nccnc3c2)CCCN1. The molecule has 0 unspecified atom stereocenters. The van der Waals surface area contributed by atoms with Crippen molar-refractivity contribution in [3.63, 3.8) is 0 Å². The molecule has 6 nitrogen and oxygen atoms in total. The summed E-state index contributed by atoms with van der Waals surface area (Å²) in [6.45, 7) is 1.30. The van der Waals surface area contributed by atoms with Crippen molar-refractivity contribution in [1.29, 1.82) is 0 Å². The molecule has 0 radical (unpaired) electrons. The lowest BCUT2D eigenvalue weighted by Crippen LogP contribution is -2.37. The van der Waals surface area contributed by atoms with Crippen LogP contribution in [0.5, 0.6) is 0 Å². The number of carbonyl (C=O) groups is 2. The zero-order chi connectivity index (χ0) is 13.9. The molecule has 1 aliphatic rings. The van der Waals surface area contributed by atoms with Crippen LogP contribution in [0.4, 0.5) is 0 Å². The molecule has 2 amide bonds. The van der Waals surface area contributed by atoms with Crippen LogP contribution in [0.3, 0.4) is 0 Å². The fourth-order valence-corrected chi connectivity index (χ4v) is 2.26. The number of benzene rings is 1. The molecular formula is C14H14N4O2. The normalized spacial score (nSPS) is 15.8. The van der Waals surface area contributed by atoms with Gasteiger partial charge in [-0.15, -0.1) is 0 Å². The van der Waals surface area contributed by atoms with E-state index in [9.17, 15) is 9.59 Å². The van der Waals surface area contributed by atoms with Gasteiger partial charge in [-0.25, -0.2) is 0 Å². The van der Waals surface area contributed by atoms with Gasteiger partial charge in [0.15, 0.2) is 0 Å². The van der Waals surface area contributed by atoms with E-state index in [-0.39, 0.29) is 18.4 Å². The molecule has 1 aliphatic heterocycles. The van der Waals surface area contributed by atoms with Crippen LogP contribution < -0.4 is 5.32 Å². The third kappa shape index (κ3) is 2.45. The van der Waals surface area contributed by atoms with Gasteiger partial charge < -0.3 is 10.2 Å². The lowest BCUT2D eigenvalue weighted by Gasteiger charge is -2.19. The summed E-state index contributed by atoms with van der Waals surface area (Å²) in [7, 11) is 0. The van der Waals surface area contributed by atoms with Gasteiger partial charge in [0.2, 0.25) is 5.91 Å². The van der Waals surface area contributed by atoms with Gasteiger partial charge in [0.05, 0.1) is 17.6 Å². The summed E-state index contributed by atoms with van der Waals surface area (Å²) in [5.41, 5.74) is 1.96. The van der Waals surface area contributed by atoms with Crippen molar-refractivity contribution in [2.45, 2.75) is 6.42 Å². The largest absolute Gasteiger partial charge is 0.354 e. The Morgan fingerprint density at radius 2 is 2.00 bits per heavy atom. The average Bonchev–Trinajstić information content (AvgIpc) is 2.70. The molecule has 20 heavy (non-hydrogen) atoms. The van der Waals surface area contributed by atoms with E-state index in [0.717, 1.165) is 11.9 Å². The van der Waals surface area contributed by atoms with Crippen molar-refractivity contribution in [1.82, 2.24) is 20.2 Å². The van der Waals surface area contributed by atoms with Crippen LogP contribution in [0, 0.1) is 0 Å². The van der Waals surface area contributed by atoms with Crippen LogP contribution in [-0.4, -0.2) is 46.3 Å². The smallest absolute Gasteiger partial charge is 0.254 e. The number of carbonyl (C=O) groups excluding carboxylic acids is 2. The second-order valence-electron chi connectivity index (χ2n) is 4.69. The highest BCUT2D eigenvalue weighted by Gasteiger charge is 2.21. The maximum atomic E-state index is 12.4. The van der Waals surface area contributed by atoms with Crippen LogP contribution in [0.25, 0.3) is 11.0 Å². The molecule has 1 aromatic carbocycles. The van der Waals surface area contributed by atoms with Crippen LogP contribution in [-0.2, 0) is 4.79 Å². The summed E-state index contributed by atoms with van der Waals surface area (Å²) in [6, 6.07) is 5.21. The number of fused-ring (bicyclic) bond motifs is 1. The Bertz CT molecular complexity index is 671. The van der Waals surface area contributed by atoms with Gasteiger partial charge in [-0.2, -0.15) is 0 Å². The molecule has 0 spiro atoms. The lowest BCUT2D eigenvalue weighted by atomic mass is 10.1. The van der Waals surface area contributed by atoms with Crippen molar-refractivity contribution in [3.8, 4) is 0 Å². The maximum absolute atomic E-state index is 12.4. The second-order valence-corrected chi connectivity index (χ2v) is 4.69. The molecule has 0 saturated carbocycles. The van der Waals surface area contributed by atoms with Gasteiger partial charge in [-0.1, -0.05) is 0 Å². The topological polar surface area (TPSA) is 75.2 Å². The lowest BCUT2D eigenvalue weighted by molar-refractivity contribution is -0.121. The molecule has 1 saturated heterocycles. The highest BCUT2D eigenvalue weighted by atomic mass is 16.2. The van der Waals surface area contributed by atoms with Gasteiger partial charge in [0.25, 0.3) is 5.91 Å². The Morgan fingerprint density at radius 3 is 2.85 bits per heavy atom. The van der Waals surface area contributed by atoms with Crippen molar-refractivity contribution >= 4 is 22.8 Å². The van der Waals surface area contributed by atoms with Gasteiger partial charge in [-0.05, 0) is 24.6 Å². The van der Waals surface area contributed by atoms with E-state index in [2.05, 4.69) is 15.3 Å². The Balaban J connectivity index is 1.89. The Kier molecular flexibility index (Phi) is 3.28. The summed E-state index contributed by atoms with van der Waals surface area (Å²) in [5.74, 6) is -0.258. The number of amides is 2. The maximum Gasteiger partial charge on any atom is 0.254 e. The number of rotatable bonds is 1. The van der Waals surface area contributed by atoms with Crippen molar-refractivity contribution < 1.29 is 9.59 Å². The van der Waals surface area contributed by atoms with E-state index in [1.54, 1.807) is 35.5 Å². The standard InChI is InChI=1S/C14H14N4O2/c19-13-9-18(7-1-4-17-13)14(20)10-2-3-11-12(8-10)16-6-5-15-11/h2-3,5-6,8H,1,4,7,9H2,(H,17,19). The number of hydrogen-bond donors (Lipinski definition) is 1. The van der Waals surface area contributed by atoms with E-state index < -0.39 is 0 Å². The molecule has 2 heterocycles. The Hall–Kier alpha value is -2.50. The highest BCUT2D eigenvalue weighted by Crippen LogP contribution is 2.13. The molecule has 1 fully saturated rings. The molecule has 6 heteroatoms. The predicted octanol–water partition coefficient (Wildman–Crippen LogP) is 0.592. The summed E-state index contributed by atoms with van der Waals surface area (Å²) in [4.78, 5) is 33.9. The fourth-order valence-electron chi connectivity index (χ4n) is 2.26. The molecular weight excluding hydrogens is 256 g/mol. The van der Waals surface area contributed by atoms with Gasteiger partial charge >= 0.3 is 0 Å². The number of nitrogens with one attached hydrogen (secondary N) is 1. The summed E-state index contributed by atoms with van der Waals surface area (Å²) in [6.07, 6.45) is 3.98. The molecule has 1 N–H and O–H groups in total. The summed E-state index contributed by atoms with van der Waals surface area (Å²) in [5, 5.41) is 2.76. The zero-order valence-electron chi connectivity index (χ0n) is 10.9. The Labute approximate surface area is 115 Å². The predicted molar refractivity (Wildman–Crippen MR) is 73.1 cm³/mol. The first-order valence-electron chi connectivity index (χ1n) is 6.51.